The maximum atomic E-state index is 2.31. The second kappa shape index (κ2) is 6.34. The van der Waals surface area contributed by atoms with Crippen LogP contribution in [-0.4, -0.2) is 10.2 Å². The summed E-state index contributed by atoms with van der Waals surface area (Å²) >= 11 is 0. The fourth-order valence-electron chi connectivity index (χ4n) is 0.947. The summed E-state index contributed by atoms with van der Waals surface area (Å²) in [5.41, 5.74) is 1.09. The molecule has 0 saturated carbocycles. The third kappa shape index (κ3) is 6.10. The van der Waals surface area contributed by atoms with Crippen LogP contribution in [0.3, 0.4) is 0 Å². The summed E-state index contributed by atoms with van der Waals surface area (Å²) in [4.78, 5) is 0. The minimum absolute atomic E-state index is 1.09. The van der Waals surface area contributed by atoms with Crippen LogP contribution in [0.25, 0.3) is 0 Å². The molecular formula is C8H20Si. The van der Waals surface area contributed by atoms with E-state index in [1.54, 1.807) is 0 Å². The standard InChI is InChI=1S/C8H20Si/c1-3-5-6-7-8(9)4-2/h8H,3-7H2,1-2,9H3. The van der Waals surface area contributed by atoms with Crippen molar-refractivity contribution in [2.45, 2.75) is 51.5 Å². The van der Waals surface area contributed by atoms with Crippen LogP contribution in [0.4, 0.5) is 0 Å². The van der Waals surface area contributed by atoms with Gasteiger partial charge in [-0.2, -0.15) is 0 Å². The minimum Gasteiger partial charge on any atom is -0.0654 e. The van der Waals surface area contributed by atoms with Gasteiger partial charge >= 0.3 is 0 Å². The number of unbranched alkanes of at least 4 members (excludes halogenated alkanes) is 2. The van der Waals surface area contributed by atoms with Crippen LogP contribution in [-0.2, 0) is 0 Å². The summed E-state index contributed by atoms with van der Waals surface area (Å²) in [6, 6.07) is 0. The van der Waals surface area contributed by atoms with Gasteiger partial charge < -0.3 is 0 Å². The highest BCUT2D eigenvalue weighted by atomic mass is 28.1. The molecule has 0 bridgehead atoms. The molecule has 0 aliphatic heterocycles. The topological polar surface area (TPSA) is 0 Å². The molecule has 1 unspecified atom stereocenters. The number of hydrogen-bond acceptors (Lipinski definition) is 0. The Morgan fingerprint density at radius 3 is 2.33 bits per heavy atom. The second-order valence-corrected chi connectivity index (χ2v) is 4.64. The Bertz CT molecular complexity index is 52.5. The molecule has 0 aliphatic carbocycles. The van der Waals surface area contributed by atoms with Gasteiger partial charge in [-0.25, -0.2) is 0 Å². The van der Waals surface area contributed by atoms with Gasteiger partial charge in [-0.15, -0.1) is 0 Å². The fraction of sp³-hybridized carbons (Fsp3) is 1.00. The molecule has 56 valence electrons. The molecule has 0 aromatic carbocycles. The van der Waals surface area contributed by atoms with Gasteiger partial charge in [0.05, 0.1) is 0 Å². The zero-order chi connectivity index (χ0) is 7.11. The predicted molar refractivity (Wildman–Crippen MR) is 48.1 cm³/mol. The lowest BCUT2D eigenvalue weighted by molar-refractivity contribution is 0.624. The smallest absolute Gasteiger partial charge is 0.00671 e. The average Bonchev–Trinajstić information content (AvgIpc) is 1.89. The molecular weight excluding hydrogens is 124 g/mol. The summed E-state index contributed by atoms with van der Waals surface area (Å²) in [7, 11) is 1.41. The average molecular weight is 144 g/mol. The van der Waals surface area contributed by atoms with Crippen LogP contribution < -0.4 is 0 Å². The van der Waals surface area contributed by atoms with Gasteiger partial charge in [-0.1, -0.05) is 51.5 Å². The molecule has 0 N–H and O–H groups in total. The third-order valence-corrected chi connectivity index (χ3v) is 3.39. The maximum absolute atomic E-state index is 2.31. The Morgan fingerprint density at radius 1 is 1.22 bits per heavy atom. The SMILES string of the molecule is CCCCCC([SiH3])CC. The molecule has 0 aromatic heterocycles. The van der Waals surface area contributed by atoms with E-state index in [9.17, 15) is 0 Å². The Morgan fingerprint density at radius 2 is 1.89 bits per heavy atom. The molecule has 0 saturated heterocycles. The third-order valence-electron chi connectivity index (χ3n) is 2.00. The molecule has 1 atom stereocenters. The number of rotatable bonds is 5. The van der Waals surface area contributed by atoms with Crippen molar-refractivity contribution in [1.82, 2.24) is 0 Å². The molecule has 0 aliphatic rings. The van der Waals surface area contributed by atoms with Crippen molar-refractivity contribution in [3.05, 3.63) is 0 Å². The van der Waals surface area contributed by atoms with Gasteiger partial charge in [-0.05, 0) is 0 Å². The lowest BCUT2D eigenvalue weighted by Crippen LogP contribution is -1.89. The summed E-state index contributed by atoms with van der Waals surface area (Å²) in [6.45, 7) is 4.58. The van der Waals surface area contributed by atoms with Crippen LogP contribution in [0.5, 0.6) is 0 Å². The van der Waals surface area contributed by atoms with E-state index in [0.717, 1.165) is 5.54 Å². The first-order chi connectivity index (χ1) is 4.31. The monoisotopic (exact) mass is 144 g/mol. The summed E-state index contributed by atoms with van der Waals surface area (Å²) < 4.78 is 0. The van der Waals surface area contributed by atoms with E-state index in [0.29, 0.717) is 0 Å². The molecule has 0 amide bonds. The zero-order valence-corrected chi connectivity index (χ0v) is 9.11. The molecule has 0 aromatic rings. The maximum Gasteiger partial charge on any atom is 0.00671 e. The predicted octanol–water partition coefficient (Wildman–Crippen LogP) is 2.13. The van der Waals surface area contributed by atoms with Crippen molar-refractivity contribution >= 4 is 10.2 Å². The van der Waals surface area contributed by atoms with Crippen molar-refractivity contribution in [2.75, 3.05) is 0 Å². The Labute approximate surface area is 62.5 Å². The van der Waals surface area contributed by atoms with Crippen molar-refractivity contribution in [2.24, 2.45) is 0 Å². The molecule has 0 radical (unpaired) electrons. The van der Waals surface area contributed by atoms with E-state index in [1.165, 1.54) is 42.3 Å². The summed E-state index contributed by atoms with van der Waals surface area (Å²) in [5.74, 6) is 0. The highest BCUT2D eigenvalue weighted by molar-refractivity contribution is 6.11. The van der Waals surface area contributed by atoms with Crippen LogP contribution >= 0.6 is 0 Å². The Balaban J connectivity index is 2.88. The molecule has 9 heavy (non-hydrogen) atoms. The highest BCUT2D eigenvalue weighted by Gasteiger charge is 1.95. The van der Waals surface area contributed by atoms with Crippen molar-refractivity contribution < 1.29 is 0 Å². The van der Waals surface area contributed by atoms with E-state index in [-0.39, 0.29) is 0 Å². The van der Waals surface area contributed by atoms with Gasteiger partial charge in [0.1, 0.15) is 0 Å². The van der Waals surface area contributed by atoms with Gasteiger partial charge in [-0.3, -0.25) is 0 Å². The Kier molecular flexibility index (Phi) is 6.49. The van der Waals surface area contributed by atoms with Gasteiger partial charge in [0.25, 0.3) is 0 Å². The van der Waals surface area contributed by atoms with E-state index >= 15 is 0 Å². The first kappa shape index (κ1) is 9.22. The summed E-state index contributed by atoms with van der Waals surface area (Å²) in [5, 5.41) is 0. The molecule has 1 heteroatoms. The van der Waals surface area contributed by atoms with E-state index in [2.05, 4.69) is 13.8 Å². The van der Waals surface area contributed by atoms with E-state index < -0.39 is 0 Å². The normalized spacial score (nSPS) is 14.0. The molecule has 0 heterocycles. The van der Waals surface area contributed by atoms with Crippen molar-refractivity contribution in [1.29, 1.82) is 0 Å². The lowest BCUT2D eigenvalue weighted by atomic mass is 10.1. The molecule has 0 spiro atoms. The highest BCUT2D eigenvalue weighted by Crippen LogP contribution is 2.14. The Hall–Kier alpha value is 0.217. The van der Waals surface area contributed by atoms with Gasteiger partial charge in [0.15, 0.2) is 0 Å². The van der Waals surface area contributed by atoms with E-state index in [1.807, 2.05) is 0 Å². The first-order valence-electron chi connectivity index (χ1n) is 4.31. The number of hydrogen-bond donors (Lipinski definition) is 0. The van der Waals surface area contributed by atoms with Crippen molar-refractivity contribution in [3.63, 3.8) is 0 Å². The van der Waals surface area contributed by atoms with Gasteiger partial charge in [0, 0.05) is 10.2 Å². The van der Waals surface area contributed by atoms with Crippen LogP contribution in [0, 0.1) is 0 Å². The second-order valence-electron chi connectivity index (χ2n) is 3.01. The molecule has 0 rings (SSSR count). The quantitative estimate of drug-likeness (QED) is 0.409. The lowest BCUT2D eigenvalue weighted by Gasteiger charge is -2.05. The summed E-state index contributed by atoms with van der Waals surface area (Å²) in [6.07, 6.45) is 7.20. The fourth-order valence-corrected chi connectivity index (χ4v) is 1.36. The van der Waals surface area contributed by atoms with Crippen molar-refractivity contribution in [3.8, 4) is 0 Å². The zero-order valence-electron chi connectivity index (χ0n) is 7.11. The minimum atomic E-state index is 1.09. The molecule has 0 nitrogen and oxygen atoms in total. The van der Waals surface area contributed by atoms with Crippen LogP contribution in [0.2, 0.25) is 5.54 Å². The van der Waals surface area contributed by atoms with Crippen LogP contribution in [0.1, 0.15) is 46.0 Å². The van der Waals surface area contributed by atoms with Gasteiger partial charge in [0.2, 0.25) is 0 Å². The van der Waals surface area contributed by atoms with Crippen LogP contribution in [0.15, 0.2) is 0 Å². The first-order valence-corrected chi connectivity index (χ1v) is 5.46. The molecule has 0 fully saturated rings. The largest absolute Gasteiger partial charge is 0.0654 e. The van der Waals surface area contributed by atoms with E-state index in [4.69, 9.17) is 0 Å².